The van der Waals surface area contributed by atoms with Crippen molar-refractivity contribution < 1.29 is 0 Å². The van der Waals surface area contributed by atoms with Crippen LogP contribution in [0, 0.1) is 0 Å². The predicted octanol–water partition coefficient (Wildman–Crippen LogP) is 1.24. The molecular formula is C13H18ClN7. The zero-order valence-corrected chi connectivity index (χ0v) is 12.9. The van der Waals surface area contributed by atoms with Gasteiger partial charge in [0.15, 0.2) is 0 Å². The summed E-state index contributed by atoms with van der Waals surface area (Å²) in [5.41, 5.74) is 0. The van der Waals surface area contributed by atoms with Gasteiger partial charge in [-0.2, -0.15) is 20.1 Å². The van der Waals surface area contributed by atoms with Crippen LogP contribution in [0.3, 0.4) is 0 Å². The van der Waals surface area contributed by atoms with Crippen molar-refractivity contribution in [2.45, 2.75) is 18.9 Å². The second kappa shape index (κ2) is 5.95. The van der Waals surface area contributed by atoms with Crippen molar-refractivity contribution in [3.8, 4) is 5.95 Å². The highest BCUT2D eigenvalue weighted by Gasteiger charge is 2.23. The molecule has 1 aliphatic rings. The Kier molecular flexibility index (Phi) is 4.03. The van der Waals surface area contributed by atoms with Crippen LogP contribution in [0.1, 0.15) is 12.8 Å². The molecule has 2 aromatic rings. The number of halogens is 1. The number of nitrogens with zero attached hydrogens (tertiary/aromatic N) is 7. The summed E-state index contributed by atoms with van der Waals surface area (Å²) in [6.07, 6.45) is 5.89. The molecule has 8 heteroatoms. The van der Waals surface area contributed by atoms with Crippen LogP contribution < -0.4 is 4.90 Å². The van der Waals surface area contributed by atoms with Crippen LogP contribution in [0.15, 0.2) is 18.5 Å². The van der Waals surface area contributed by atoms with Crippen molar-refractivity contribution in [3.05, 3.63) is 23.7 Å². The van der Waals surface area contributed by atoms with Gasteiger partial charge in [0.05, 0.1) is 0 Å². The zero-order chi connectivity index (χ0) is 14.8. The Labute approximate surface area is 128 Å². The summed E-state index contributed by atoms with van der Waals surface area (Å²) in [6, 6.07) is 2.34. The zero-order valence-electron chi connectivity index (χ0n) is 12.1. The molecule has 7 nitrogen and oxygen atoms in total. The Hall–Kier alpha value is -1.73. The standard InChI is InChI=1S/C13H18ClN7/c1-19-7-3-5-10(19)9-20(2)12-16-11(14)17-13(18-12)21-8-4-6-15-21/h4,6,8,10H,3,5,7,9H2,1-2H3. The first-order valence-electron chi connectivity index (χ1n) is 6.96. The molecule has 0 aromatic carbocycles. The molecule has 112 valence electrons. The largest absolute Gasteiger partial charge is 0.342 e. The van der Waals surface area contributed by atoms with Crippen LogP contribution in [0.25, 0.3) is 5.95 Å². The number of anilines is 1. The molecule has 1 atom stereocenters. The summed E-state index contributed by atoms with van der Waals surface area (Å²) < 4.78 is 1.58. The minimum Gasteiger partial charge on any atom is -0.342 e. The molecule has 3 heterocycles. The molecule has 0 amide bonds. The fourth-order valence-electron chi connectivity index (χ4n) is 2.60. The van der Waals surface area contributed by atoms with E-state index < -0.39 is 0 Å². The molecule has 0 spiro atoms. The average Bonchev–Trinajstić information content (AvgIpc) is 3.11. The van der Waals surface area contributed by atoms with Crippen LogP contribution in [-0.2, 0) is 0 Å². The Balaban J connectivity index is 1.81. The Morgan fingerprint density at radius 1 is 1.38 bits per heavy atom. The van der Waals surface area contributed by atoms with Gasteiger partial charge in [0, 0.05) is 32.0 Å². The molecule has 0 aliphatic carbocycles. The summed E-state index contributed by atoms with van der Waals surface area (Å²) in [6.45, 7) is 2.02. The average molecular weight is 308 g/mol. The SMILES string of the molecule is CN(CC1CCCN1C)c1nc(Cl)nc(-n2cccn2)n1. The van der Waals surface area contributed by atoms with Crippen molar-refractivity contribution in [1.82, 2.24) is 29.6 Å². The number of hydrogen-bond acceptors (Lipinski definition) is 6. The third-order valence-electron chi connectivity index (χ3n) is 3.79. The topological polar surface area (TPSA) is 63.0 Å². The lowest BCUT2D eigenvalue weighted by molar-refractivity contribution is 0.313. The molecule has 21 heavy (non-hydrogen) atoms. The number of hydrogen-bond donors (Lipinski definition) is 0. The third-order valence-corrected chi connectivity index (χ3v) is 3.96. The van der Waals surface area contributed by atoms with Gasteiger partial charge in [-0.1, -0.05) is 0 Å². The van der Waals surface area contributed by atoms with Gasteiger partial charge < -0.3 is 9.80 Å². The van der Waals surface area contributed by atoms with E-state index in [2.05, 4.69) is 32.0 Å². The third kappa shape index (κ3) is 3.14. The molecule has 0 bridgehead atoms. The summed E-state index contributed by atoms with van der Waals surface area (Å²) in [5.74, 6) is 1.00. The minimum atomic E-state index is 0.178. The maximum absolute atomic E-state index is 6.02. The Morgan fingerprint density at radius 2 is 2.24 bits per heavy atom. The predicted molar refractivity (Wildman–Crippen MR) is 80.9 cm³/mol. The van der Waals surface area contributed by atoms with E-state index in [9.17, 15) is 0 Å². The van der Waals surface area contributed by atoms with Gasteiger partial charge in [-0.15, -0.1) is 0 Å². The van der Waals surface area contributed by atoms with Crippen LogP contribution in [-0.4, -0.2) is 62.9 Å². The van der Waals surface area contributed by atoms with E-state index >= 15 is 0 Å². The van der Waals surface area contributed by atoms with E-state index in [0.717, 1.165) is 13.1 Å². The van der Waals surface area contributed by atoms with Crippen LogP contribution in [0.2, 0.25) is 5.28 Å². The maximum Gasteiger partial charge on any atom is 0.256 e. The Morgan fingerprint density at radius 3 is 2.90 bits per heavy atom. The fraction of sp³-hybridized carbons (Fsp3) is 0.538. The highest BCUT2D eigenvalue weighted by Crippen LogP contribution is 2.18. The summed E-state index contributed by atoms with van der Waals surface area (Å²) in [5, 5.41) is 4.30. The molecule has 1 unspecified atom stereocenters. The molecular weight excluding hydrogens is 290 g/mol. The summed E-state index contributed by atoms with van der Waals surface area (Å²) in [4.78, 5) is 17.2. The second-order valence-corrected chi connectivity index (χ2v) is 5.65. The fourth-order valence-corrected chi connectivity index (χ4v) is 2.75. The van der Waals surface area contributed by atoms with Gasteiger partial charge in [-0.3, -0.25) is 0 Å². The van der Waals surface area contributed by atoms with Crippen molar-refractivity contribution >= 4 is 17.5 Å². The lowest BCUT2D eigenvalue weighted by Gasteiger charge is -2.25. The first-order chi connectivity index (χ1) is 10.1. The van der Waals surface area contributed by atoms with Crippen molar-refractivity contribution in [1.29, 1.82) is 0 Å². The molecule has 2 aromatic heterocycles. The number of aromatic nitrogens is 5. The van der Waals surface area contributed by atoms with Gasteiger partial charge >= 0.3 is 0 Å². The molecule has 1 fully saturated rings. The van der Waals surface area contributed by atoms with E-state index in [-0.39, 0.29) is 5.28 Å². The number of likely N-dealkylation sites (tertiary alicyclic amines) is 1. The molecule has 0 N–H and O–H groups in total. The minimum absolute atomic E-state index is 0.178. The van der Waals surface area contributed by atoms with Gasteiger partial charge in [0.1, 0.15) is 0 Å². The van der Waals surface area contributed by atoms with E-state index in [4.69, 9.17) is 11.6 Å². The van der Waals surface area contributed by atoms with Gasteiger partial charge in [-0.05, 0) is 44.1 Å². The van der Waals surface area contributed by atoms with Crippen LogP contribution in [0.5, 0.6) is 0 Å². The van der Waals surface area contributed by atoms with Gasteiger partial charge in [0.25, 0.3) is 5.95 Å². The van der Waals surface area contributed by atoms with Gasteiger partial charge in [0.2, 0.25) is 11.2 Å². The highest BCUT2D eigenvalue weighted by molar-refractivity contribution is 6.28. The second-order valence-electron chi connectivity index (χ2n) is 5.31. The monoisotopic (exact) mass is 307 g/mol. The molecule has 0 radical (unpaired) electrons. The van der Waals surface area contributed by atoms with Crippen molar-refractivity contribution in [2.75, 3.05) is 32.1 Å². The number of rotatable bonds is 4. The summed E-state index contributed by atoms with van der Waals surface area (Å²) >= 11 is 6.02. The molecule has 1 saturated heterocycles. The highest BCUT2D eigenvalue weighted by atomic mass is 35.5. The maximum atomic E-state index is 6.02. The smallest absolute Gasteiger partial charge is 0.256 e. The lowest BCUT2D eigenvalue weighted by atomic mass is 10.2. The summed E-state index contributed by atoms with van der Waals surface area (Å²) in [7, 11) is 4.13. The van der Waals surface area contributed by atoms with E-state index in [1.54, 1.807) is 17.1 Å². The number of likely N-dealkylation sites (N-methyl/N-ethyl adjacent to an activating group) is 2. The van der Waals surface area contributed by atoms with E-state index in [0.29, 0.717) is 17.9 Å². The molecule has 1 aliphatic heterocycles. The van der Waals surface area contributed by atoms with Crippen molar-refractivity contribution in [3.63, 3.8) is 0 Å². The normalized spacial score (nSPS) is 19.1. The van der Waals surface area contributed by atoms with Crippen molar-refractivity contribution in [2.24, 2.45) is 0 Å². The van der Waals surface area contributed by atoms with Gasteiger partial charge in [-0.25, -0.2) is 4.68 Å². The quantitative estimate of drug-likeness (QED) is 0.847. The van der Waals surface area contributed by atoms with E-state index in [1.165, 1.54) is 12.8 Å². The first-order valence-corrected chi connectivity index (χ1v) is 7.34. The Bertz CT molecular complexity index is 601. The first kappa shape index (κ1) is 14.2. The lowest BCUT2D eigenvalue weighted by Crippen LogP contribution is -2.37. The van der Waals surface area contributed by atoms with Crippen LogP contribution >= 0.6 is 11.6 Å². The molecule has 3 rings (SSSR count). The van der Waals surface area contributed by atoms with Crippen LogP contribution in [0.4, 0.5) is 5.95 Å². The van der Waals surface area contributed by atoms with E-state index in [1.807, 2.05) is 18.0 Å². The molecule has 0 saturated carbocycles.